The van der Waals surface area contributed by atoms with E-state index in [1.54, 1.807) is 0 Å². The Kier molecular flexibility index (Phi) is 3.82. The fraction of sp³-hybridized carbons (Fsp3) is 0.300. The van der Waals surface area contributed by atoms with E-state index in [0.29, 0.717) is 5.56 Å². The second kappa shape index (κ2) is 5.11. The molecule has 0 heterocycles. The van der Waals surface area contributed by atoms with Crippen molar-refractivity contribution < 1.29 is 19.6 Å². The summed E-state index contributed by atoms with van der Waals surface area (Å²) in [5.41, 5.74) is 0.588. The molecule has 1 rings (SSSR count). The maximum atomic E-state index is 11.1. The van der Waals surface area contributed by atoms with E-state index in [9.17, 15) is 14.9 Å². The largest absolute Gasteiger partial charge is 0.508 e. The van der Waals surface area contributed by atoms with Crippen molar-refractivity contribution in [2.75, 3.05) is 7.11 Å². The molecule has 6 heteroatoms. The summed E-state index contributed by atoms with van der Waals surface area (Å²) in [6.07, 6.45) is -0.0556. The van der Waals surface area contributed by atoms with Crippen molar-refractivity contribution >= 4 is 5.97 Å². The van der Waals surface area contributed by atoms with Crippen molar-refractivity contribution in [3.63, 3.8) is 0 Å². The molecule has 0 aliphatic rings. The van der Waals surface area contributed by atoms with Crippen LogP contribution in [-0.4, -0.2) is 29.2 Å². The highest BCUT2D eigenvalue weighted by Crippen LogP contribution is 2.12. The van der Waals surface area contributed by atoms with Crippen LogP contribution in [0.4, 0.5) is 0 Å². The molecule has 0 amide bonds. The Labute approximate surface area is 91.6 Å². The Bertz CT molecular complexity index is 387. The van der Waals surface area contributed by atoms with E-state index in [2.05, 4.69) is 4.74 Å². The number of benzene rings is 1. The van der Waals surface area contributed by atoms with E-state index in [1.807, 2.05) is 0 Å². The van der Waals surface area contributed by atoms with Crippen LogP contribution in [0.1, 0.15) is 5.56 Å². The van der Waals surface area contributed by atoms with Gasteiger partial charge in [0.05, 0.1) is 13.5 Å². The summed E-state index contributed by atoms with van der Waals surface area (Å²) >= 11 is 0. The molecule has 1 aromatic rings. The zero-order valence-corrected chi connectivity index (χ0v) is 8.62. The number of phenols is 1. The Hall–Kier alpha value is -2.11. The molecule has 0 aliphatic heterocycles. The molecule has 1 atom stereocenters. The maximum Gasteiger partial charge on any atom is 0.381 e. The molecule has 16 heavy (non-hydrogen) atoms. The minimum absolute atomic E-state index is 0.0556. The van der Waals surface area contributed by atoms with E-state index in [-0.39, 0.29) is 12.2 Å². The van der Waals surface area contributed by atoms with Gasteiger partial charge in [0.15, 0.2) is 0 Å². The number of hydrogen-bond acceptors (Lipinski definition) is 5. The van der Waals surface area contributed by atoms with Crippen LogP contribution in [0.2, 0.25) is 0 Å². The van der Waals surface area contributed by atoms with E-state index in [0.717, 1.165) is 7.11 Å². The van der Waals surface area contributed by atoms with Crippen molar-refractivity contribution in [2.45, 2.75) is 12.5 Å². The van der Waals surface area contributed by atoms with Gasteiger partial charge in [0, 0.05) is 4.92 Å². The number of esters is 1. The highest BCUT2D eigenvalue weighted by molar-refractivity contribution is 5.74. The van der Waals surface area contributed by atoms with Gasteiger partial charge >= 0.3 is 12.0 Å². The third kappa shape index (κ3) is 2.94. The van der Waals surface area contributed by atoms with E-state index < -0.39 is 16.9 Å². The van der Waals surface area contributed by atoms with Crippen LogP contribution in [0, 0.1) is 10.1 Å². The van der Waals surface area contributed by atoms with Crippen LogP contribution < -0.4 is 0 Å². The predicted molar refractivity (Wildman–Crippen MR) is 54.6 cm³/mol. The first-order valence-electron chi connectivity index (χ1n) is 4.54. The summed E-state index contributed by atoms with van der Waals surface area (Å²) in [5.74, 6) is -0.808. The standard InChI is InChI=1S/C10H11NO5/c1-16-10(13)9(11(14)15)6-7-2-4-8(12)5-3-7/h2-5,9,12H,6H2,1H3. The lowest BCUT2D eigenvalue weighted by Crippen LogP contribution is -2.32. The fourth-order valence-electron chi connectivity index (χ4n) is 1.24. The van der Waals surface area contributed by atoms with Crippen molar-refractivity contribution in [1.82, 2.24) is 0 Å². The highest BCUT2D eigenvalue weighted by Gasteiger charge is 2.30. The summed E-state index contributed by atoms with van der Waals surface area (Å²) in [6, 6.07) is 4.45. The Morgan fingerprint density at radius 3 is 2.50 bits per heavy atom. The first kappa shape index (κ1) is 12.0. The van der Waals surface area contributed by atoms with Gasteiger partial charge in [0.2, 0.25) is 0 Å². The zero-order chi connectivity index (χ0) is 12.1. The average molecular weight is 225 g/mol. The lowest BCUT2D eigenvalue weighted by Gasteiger charge is -2.07. The van der Waals surface area contributed by atoms with Crippen LogP contribution in [0.3, 0.4) is 0 Å². The number of carbonyl (C=O) groups excluding carboxylic acids is 1. The summed E-state index contributed by atoms with van der Waals surface area (Å²) in [6.45, 7) is 0. The lowest BCUT2D eigenvalue weighted by molar-refractivity contribution is -0.509. The molecule has 1 unspecified atom stereocenters. The van der Waals surface area contributed by atoms with Gasteiger partial charge in [-0.15, -0.1) is 0 Å². The topological polar surface area (TPSA) is 89.7 Å². The first-order chi connectivity index (χ1) is 7.54. The smallest absolute Gasteiger partial charge is 0.381 e. The third-order valence-corrected chi connectivity index (χ3v) is 2.09. The normalized spacial score (nSPS) is 11.8. The van der Waals surface area contributed by atoms with E-state index >= 15 is 0 Å². The second-order valence-electron chi connectivity index (χ2n) is 3.19. The zero-order valence-electron chi connectivity index (χ0n) is 8.62. The number of rotatable bonds is 4. The van der Waals surface area contributed by atoms with Gasteiger partial charge in [-0.05, 0) is 17.7 Å². The molecule has 0 saturated heterocycles. The minimum atomic E-state index is -1.41. The highest BCUT2D eigenvalue weighted by atomic mass is 16.6. The molecule has 0 spiro atoms. The molecule has 0 saturated carbocycles. The first-order valence-corrected chi connectivity index (χ1v) is 4.54. The summed E-state index contributed by atoms with van der Waals surface area (Å²) in [7, 11) is 1.11. The van der Waals surface area contributed by atoms with Gasteiger partial charge in [-0.25, -0.2) is 4.79 Å². The predicted octanol–water partition coefficient (Wildman–Crippen LogP) is 0.753. The lowest BCUT2D eigenvalue weighted by atomic mass is 10.1. The number of aromatic hydroxyl groups is 1. The van der Waals surface area contributed by atoms with Crippen molar-refractivity contribution in [2.24, 2.45) is 0 Å². The maximum absolute atomic E-state index is 11.1. The van der Waals surface area contributed by atoms with Gasteiger partial charge < -0.3 is 9.84 Å². The number of carbonyl (C=O) groups is 1. The quantitative estimate of drug-likeness (QED) is 0.464. The molecule has 1 aromatic carbocycles. The number of phenolic OH excluding ortho intramolecular Hbond substituents is 1. The second-order valence-corrected chi connectivity index (χ2v) is 3.19. The monoisotopic (exact) mass is 225 g/mol. The number of nitrogens with zero attached hydrogens (tertiary/aromatic N) is 1. The van der Waals surface area contributed by atoms with E-state index in [1.165, 1.54) is 24.3 Å². The Morgan fingerprint density at radius 1 is 1.50 bits per heavy atom. The fourth-order valence-corrected chi connectivity index (χ4v) is 1.24. The SMILES string of the molecule is COC(=O)C(Cc1ccc(O)cc1)[N+](=O)[O-]. The van der Waals surface area contributed by atoms with Crippen LogP contribution in [0.15, 0.2) is 24.3 Å². The molecule has 0 radical (unpaired) electrons. The molecular formula is C10H11NO5. The van der Waals surface area contributed by atoms with Crippen LogP contribution in [0.5, 0.6) is 5.75 Å². The Balaban J connectivity index is 2.80. The van der Waals surface area contributed by atoms with Crippen molar-refractivity contribution in [1.29, 1.82) is 0 Å². The van der Waals surface area contributed by atoms with Gasteiger partial charge in [0.25, 0.3) is 0 Å². The van der Waals surface area contributed by atoms with Crippen molar-refractivity contribution in [3.8, 4) is 5.75 Å². The number of hydrogen-bond donors (Lipinski definition) is 1. The average Bonchev–Trinajstić information content (AvgIpc) is 2.27. The van der Waals surface area contributed by atoms with Crippen LogP contribution in [0.25, 0.3) is 0 Å². The van der Waals surface area contributed by atoms with E-state index in [4.69, 9.17) is 5.11 Å². The van der Waals surface area contributed by atoms with Gasteiger partial charge in [-0.2, -0.15) is 0 Å². The molecule has 1 N–H and O–H groups in total. The molecular weight excluding hydrogens is 214 g/mol. The summed E-state index contributed by atoms with van der Waals surface area (Å²) in [4.78, 5) is 21.1. The van der Waals surface area contributed by atoms with Gasteiger partial charge in [-0.1, -0.05) is 12.1 Å². The van der Waals surface area contributed by atoms with Crippen LogP contribution >= 0.6 is 0 Å². The molecule has 6 nitrogen and oxygen atoms in total. The molecule has 0 aromatic heterocycles. The number of ether oxygens (including phenoxy) is 1. The van der Waals surface area contributed by atoms with Crippen LogP contribution in [-0.2, 0) is 16.0 Å². The van der Waals surface area contributed by atoms with Crippen molar-refractivity contribution in [3.05, 3.63) is 39.9 Å². The molecule has 86 valence electrons. The summed E-state index contributed by atoms with van der Waals surface area (Å²) < 4.78 is 4.34. The molecule has 0 fully saturated rings. The molecule has 0 aliphatic carbocycles. The number of nitro groups is 1. The summed E-state index contributed by atoms with van der Waals surface area (Å²) in [5, 5.41) is 19.7. The van der Waals surface area contributed by atoms with Gasteiger partial charge in [-0.3, -0.25) is 10.1 Å². The third-order valence-electron chi connectivity index (χ3n) is 2.09. The Morgan fingerprint density at radius 2 is 2.06 bits per heavy atom. The minimum Gasteiger partial charge on any atom is -0.508 e. The van der Waals surface area contributed by atoms with Gasteiger partial charge in [0.1, 0.15) is 5.75 Å². The number of methoxy groups -OCH3 is 1. The molecule has 0 bridgehead atoms.